The summed E-state index contributed by atoms with van der Waals surface area (Å²) in [5, 5.41) is 17.2. The van der Waals surface area contributed by atoms with E-state index in [0.29, 0.717) is 44.7 Å². The predicted octanol–water partition coefficient (Wildman–Crippen LogP) is 2.48. The molecule has 2 rings (SSSR count). The van der Waals surface area contributed by atoms with Crippen LogP contribution < -0.4 is 16.4 Å². The van der Waals surface area contributed by atoms with E-state index < -0.39 is 16.6 Å². The van der Waals surface area contributed by atoms with E-state index in [-0.39, 0.29) is 23.2 Å². The molecule has 4 N–H and O–H groups in total. The van der Waals surface area contributed by atoms with Crippen LogP contribution in [0, 0.1) is 10.1 Å². The van der Waals surface area contributed by atoms with Crippen LogP contribution in [0.3, 0.4) is 0 Å². The maximum atomic E-state index is 12.9. The van der Waals surface area contributed by atoms with Gasteiger partial charge in [-0.15, -0.1) is 0 Å². The van der Waals surface area contributed by atoms with E-state index in [0.717, 1.165) is 6.42 Å². The van der Waals surface area contributed by atoms with Crippen molar-refractivity contribution >= 4 is 23.4 Å². The minimum atomic E-state index is -0.604. The zero-order chi connectivity index (χ0) is 22.3. The highest BCUT2D eigenvalue weighted by Gasteiger charge is 2.28. The molecule has 1 heterocycles. The van der Waals surface area contributed by atoms with Crippen molar-refractivity contribution in [1.29, 1.82) is 0 Å². The van der Waals surface area contributed by atoms with Crippen LogP contribution in [0.2, 0.25) is 0 Å². The Bertz CT molecular complexity index is 777. The number of ether oxygens (including phenoxy) is 1. The molecule has 1 saturated heterocycles. The fraction of sp³-hybridized carbons (Fsp3) is 0.600. The first kappa shape index (κ1) is 23.4. The first-order chi connectivity index (χ1) is 14.1. The number of anilines is 1. The Kier molecular flexibility index (Phi) is 7.99. The van der Waals surface area contributed by atoms with E-state index in [1.54, 1.807) is 37.8 Å². The number of nitrogens with zero attached hydrogens (tertiary/aromatic N) is 2. The third kappa shape index (κ3) is 6.87. The van der Waals surface area contributed by atoms with Crippen molar-refractivity contribution in [1.82, 2.24) is 10.2 Å². The maximum Gasteiger partial charge on any atom is 0.407 e. The third-order valence-corrected chi connectivity index (χ3v) is 4.57. The molecule has 10 heteroatoms. The average molecular weight is 421 g/mol. The number of nitrogens with two attached hydrogens (primary N) is 1. The van der Waals surface area contributed by atoms with Crippen LogP contribution >= 0.6 is 0 Å². The SMILES string of the molecule is CC(C)(C)OC(=O)NC1CCCN(C(=O)c2ccc(NCCCN)c([N+](=O)[O-])c2)C1. The van der Waals surface area contributed by atoms with Crippen LogP contribution in [0.15, 0.2) is 18.2 Å². The van der Waals surface area contributed by atoms with Gasteiger partial charge in [0.05, 0.1) is 4.92 Å². The predicted molar refractivity (Wildman–Crippen MR) is 114 cm³/mol. The molecule has 0 saturated carbocycles. The standard InChI is InChI=1S/C20H31N5O5/c1-20(2,3)30-19(27)23-15-6-4-11-24(13-15)18(26)14-7-8-16(22-10-5-9-21)17(12-14)25(28)29/h7-8,12,15,22H,4-6,9-11,13,21H2,1-3H3,(H,23,27). The molecule has 0 spiro atoms. The van der Waals surface area contributed by atoms with Gasteiger partial charge in [-0.1, -0.05) is 0 Å². The highest BCUT2D eigenvalue weighted by molar-refractivity contribution is 5.96. The van der Waals surface area contributed by atoms with Gasteiger partial charge in [-0.2, -0.15) is 0 Å². The molecule has 30 heavy (non-hydrogen) atoms. The number of amides is 2. The molecule has 0 aliphatic carbocycles. The Labute approximate surface area is 176 Å². The lowest BCUT2D eigenvalue weighted by molar-refractivity contribution is -0.384. The topological polar surface area (TPSA) is 140 Å². The number of alkyl carbamates (subject to hydrolysis) is 1. The molecule has 0 aromatic heterocycles. The first-order valence-electron chi connectivity index (χ1n) is 10.1. The van der Waals surface area contributed by atoms with Gasteiger partial charge < -0.3 is 26.0 Å². The van der Waals surface area contributed by atoms with Gasteiger partial charge in [0.2, 0.25) is 0 Å². The number of hydrogen-bond acceptors (Lipinski definition) is 7. The van der Waals surface area contributed by atoms with Crippen LogP contribution in [0.5, 0.6) is 0 Å². The average Bonchev–Trinajstić information content (AvgIpc) is 2.66. The summed E-state index contributed by atoms with van der Waals surface area (Å²) in [6, 6.07) is 4.18. The number of carbonyl (C=O) groups excluding carboxylic acids is 2. The molecule has 1 aromatic rings. The number of likely N-dealkylation sites (tertiary alicyclic amines) is 1. The Morgan fingerprint density at radius 3 is 2.73 bits per heavy atom. The summed E-state index contributed by atoms with van der Waals surface area (Å²) in [5.41, 5.74) is 5.29. The molecule has 10 nitrogen and oxygen atoms in total. The van der Waals surface area contributed by atoms with Gasteiger partial charge in [-0.05, 0) is 58.7 Å². The third-order valence-electron chi connectivity index (χ3n) is 4.57. The van der Waals surface area contributed by atoms with Crippen LogP contribution in [0.25, 0.3) is 0 Å². The molecule has 1 aromatic carbocycles. The van der Waals surface area contributed by atoms with Crippen LogP contribution in [-0.4, -0.2) is 59.6 Å². The smallest absolute Gasteiger partial charge is 0.407 e. The Hall–Kier alpha value is -2.88. The second-order valence-corrected chi connectivity index (χ2v) is 8.29. The molecule has 166 valence electrons. The lowest BCUT2D eigenvalue weighted by Crippen LogP contribution is -2.50. The quantitative estimate of drug-likeness (QED) is 0.349. The van der Waals surface area contributed by atoms with Crippen LogP contribution in [-0.2, 0) is 4.74 Å². The maximum absolute atomic E-state index is 12.9. The van der Waals surface area contributed by atoms with Gasteiger partial charge >= 0.3 is 6.09 Å². The lowest BCUT2D eigenvalue weighted by Gasteiger charge is -2.33. The summed E-state index contributed by atoms with van der Waals surface area (Å²) in [5.74, 6) is -0.303. The van der Waals surface area contributed by atoms with E-state index in [4.69, 9.17) is 10.5 Å². The van der Waals surface area contributed by atoms with Gasteiger partial charge in [-0.3, -0.25) is 14.9 Å². The van der Waals surface area contributed by atoms with Crippen molar-refractivity contribution in [3.05, 3.63) is 33.9 Å². The van der Waals surface area contributed by atoms with E-state index >= 15 is 0 Å². The molecule has 0 bridgehead atoms. The van der Waals surface area contributed by atoms with E-state index in [1.807, 2.05) is 0 Å². The van der Waals surface area contributed by atoms with E-state index in [9.17, 15) is 19.7 Å². The van der Waals surface area contributed by atoms with Crippen molar-refractivity contribution < 1.29 is 19.2 Å². The van der Waals surface area contributed by atoms with Crippen LogP contribution in [0.4, 0.5) is 16.2 Å². The number of benzene rings is 1. The highest BCUT2D eigenvalue weighted by Crippen LogP contribution is 2.27. The molecule has 0 radical (unpaired) electrons. The minimum Gasteiger partial charge on any atom is -0.444 e. The first-order valence-corrected chi connectivity index (χ1v) is 10.1. The van der Waals surface area contributed by atoms with Crippen molar-refractivity contribution in [2.24, 2.45) is 5.73 Å². The molecular formula is C20H31N5O5. The largest absolute Gasteiger partial charge is 0.444 e. The van der Waals surface area contributed by atoms with Crippen molar-refractivity contribution in [3.8, 4) is 0 Å². The number of nitro groups is 1. The zero-order valence-electron chi connectivity index (χ0n) is 17.8. The van der Waals surface area contributed by atoms with E-state index in [2.05, 4.69) is 10.6 Å². The number of hydrogen-bond donors (Lipinski definition) is 3. The monoisotopic (exact) mass is 421 g/mol. The molecule has 1 aliphatic heterocycles. The van der Waals surface area contributed by atoms with Gasteiger partial charge in [0.15, 0.2) is 0 Å². The number of nitro benzene ring substituents is 1. The summed E-state index contributed by atoms with van der Waals surface area (Å²) in [7, 11) is 0. The summed E-state index contributed by atoms with van der Waals surface area (Å²) in [4.78, 5) is 37.5. The normalized spacial score (nSPS) is 16.7. The second-order valence-electron chi connectivity index (χ2n) is 8.29. The fourth-order valence-electron chi connectivity index (χ4n) is 3.23. The van der Waals surface area contributed by atoms with Crippen molar-refractivity contribution in [2.45, 2.75) is 51.7 Å². The Balaban J connectivity index is 2.06. The van der Waals surface area contributed by atoms with Crippen molar-refractivity contribution in [3.63, 3.8) is 0 Å². The summed E-state index contributed by atoms with van der Waals surface area (Å²) >= 11 is 0. The second kappa shape index (κ2) is 10.2. The van der Waals surface area contributed by atoms with Gasteiger partial charge in [0.1, 0.15) is 11.3 Å². The van der Waals surface area contributed by atoms with Gasteiger partial charge in [0.25, 0.3) is 11.6 Å². The summed E-state index contributed by atoms with van der Waals surface area (Å²) in [6.07, 6.45) is 1.60. The molecule has 1 fully saturated rings. The molecular weight excluding hydrogens is 390 g/mol. The molecule has 2 amide bonds. The number of piperidine rings is 1. The highest BCUT2D eigenvalue weighted by atomic mass is 16.6. The van der Waals surface area contributed by atoms with Gasteiger partial charge in [-0.25, -0.2) is 4.79 Å². The Morgan fingerprint density at radius 2 is 2.10 bits per heavy atom. The molecule has 1 unspecified atom stereocenters. The summed E-state index contributed by atoms with van der Waals surface area (Å²) < 4.78 is 5.27. The number of carbonyl (C=O) groups is 2. The zero-order valence-corrected chi connectivity index (χ0v) is 17.8. The minimum absolute atomic E-state index is 0.154. The van der Waals surface area contributed by atoms with Gasteiger partial charge in [0, 0.05) is 37.3 Å². The Morgan fingerprint density at radius 1 is 1.37 bits per heavy atom. The van der Waals surface area contributed by atoms with Crippen LogP contribution in [0.1, 0.15) is 50.4 Å². The van der Waals surface area contributed by atoms with Crippen molar-refractivity contribution in [2.75, 3.05) is 31.5 Å². The molecule has 1 atom stereocenters. The number of rotatable bonds is 7. The number of nitrogens with one attached hydrogen (secondary N) is 2. The molecule has 1 aliphatic rings. The lowest BCUT2D eigenvalue weighted by atomic mass is 10.0. The fourth-order valence-corrected chi connectivity index (χ4v) is 3.23. The van der Waals surface area contributed by atoms with E-state index in [1.165, 1.54) is 6.07 Å². The summed E-state index contributed by atoms with van der Waals surface area (Å²) in [6.45, 7) is 7.18.